The Hall–Kier alpha value is -1.16. The number of rotatable bonds is 8. The van der Waals surface area contributed by atoms with Gasteiger partial charge in [0.25, 0.3) is 0 Å². The van der Waals surface area contributed by atoms with Crippen molar-refractivity contribution in [1.29, 1.82) is 0 Å². The Kier molecular flexibility index (Phi) is 5.73. The molecule has 0 unspecified atom stereocenters. The molecule has 0 fully saturated rings. The van der Waals surface area contributed by atoms with Crippen LogP contribution in [-0.2, 0) is 11.2 Å². The van der Waals surface area contributed by atoms with Crippen LogP contribution in [0, 0.1) is 0 Å². The van der Waals surface area contributed by atoms with E-state index in [2.05, 4.69) is 24.3 Å². The highest BCUT2D eigenvalue weighted by Gasteiger charge is 2.26. The number of Topliss-reactive ketones (excluding diaryl/α,β-unsaturated/α-hetero) is 1. The lowest BCUT2D eigenvalue weighted by Crippen LogP contribution is -2.47. The SMILES string of the molecule is CCNC(C)(C)C(=O)Cc1ccn(C(CC)CC)n1. The molecule has 1 aromatic rings. The molecular weight excluding hydrogens is 238 g/mol. The molecule has 0 aromatic carbocycles. The van der Waals surface area contributed by atoms with Crippen LogP contribution in [0.4, 0.5) is 0 Å². The summed E-state index contributed by atoms with van der Waals surface area (Å²) in [7, 11) is 0. The van der Waals surface area contributed by atoms with E-state index < -0.39 is 5.54 Å². The van der Waals surface area contributed by atoms with E-state index in [1.165, 1.54) is 0 Å². The fourth-order valence-corrected chi connectivity index (χ4v) is 2.26. The fourth-order valence-electron chi connectivity index (χ4n) is 2.26. The monoisotopic (exact) mass is 265 g/mol. The molecule has 4 nitrogen and oxygen atoms in total. The van der Waals surface area contributed by atoms with Crippen LogP contribution in [0.25, 0.3) is 0 Å². The predicted octanol–water partition coefficient (Wildman–Crippen LogP) is 2.74. The summed E-state index contributed by atoms with van der Waals surface area (Å²) in [4.78, 5) is 12.2. The lowest BCUT2D eigenvalue weighted by Gasteiger charge is -2.23. The van der Waals surface area contributed by atoms with Crippen LogP contribution in [0.2, 0.25) is 0 Å². The smallest absolute Gasteiger partial charge is 0.158 e. The Bertz CT molecular complexity index is 405. The first-order valence-electron chi connectivity index (χ1n) is 7.26. The minimum absolute atomic E-state index is 0.184. The lowest BCUT2D eigenvalue weighted by molar-refractivity contribution is -0.123. The molecule has 0 atom stereocenters. The first-order chi connectivity index (χ1) is 8.94. The van der Waals surface area contributed by atoms with Gasteiger partial charge < -0.3 is 5.32 Å². The molecule has 1 N–H and O–H groups in total. The van der Waals surface area contributed by atoms with Crippen molar-refractivity contribution in [3.05, 3.63) is 18.0 Å². The zero-order chi connectivity index (χ0) is 14.5. The average molecular weight is 265 g/mol. The van der Waals surface area contributed by atoms with Crippen molar-refractivity contribution in [1.82, 2.24) is 15.1 Å². The molecule has 4 heteroatoms. The van der Waals surface area contributed by atoms with E-state index in [4.69, 9.17) is 0 Å². The lowest BCUT2D eigenvalue weighted by atomic mass is 9.95. The minimum Gasteiger partial charge on any atom is -0.306 e. The highest BCUT2D eigenvalue weighted by Crippen LogP contribution is 2.15. The second-order valence-electron chi connectivity index (χ2n) is 5.51. The van der Waals surface area contributed by atoms with Gasteiger partial charge in [-0.25, -0.2) is 0 Å². The zero-order valence-corrected chi connectivity index (χ0v) is 12.9. The molecule has 0 spiro atoms. The van der Waals surface area contributed by atoms with Gasteiger partial charge in [0.2, 0.25) is 0 Å². The maximum absolute atomic E-state index is 12.2. The summed E-state index contributed by atoms with van der Waals surface area (Å²) in [5.74, 6) is 0.184. The van der Waals surface area contributed by atoms with Gasteiger partial charge in [0.05, 0.1) is 23.7 Å². The molecule has 19 heavy (non-hydrogen) atoms. The number of carbonyl (C=O) groups is 1. The summed E-state index contributed by atoms with van der Waals surface area (Å²) in [6.45, 7) is 11.0. The number of hydrogen-bond acceptors (Lipinski definition) is 3. The van der Waals surface area contributed by atoms with Crippen LogP contribution in [0.3, 0.4) is 0 Å². The van der Waals surface area contributed by atoms with E-state index in [9.17, 15) is 4.79 Å². The topological polar surface area (TPSA) is 46.9 Å². The number of nitrogens with zero attached hydrogens (tertiary/aromatic N) is 2. The molecule has 0 amide bonds. The van der Waals surface area contributed by atoms with Crippen molar-refractivity contribution >= 4 is 5.78 Å². The summed E-state index contributed by atoms with van der Waals surface area (Å²) < 4.78 is 1.99. The summed E-state index contributed by atoms with van der Waals surface area (Å²) in [6.07, 6.45) is 4.51. The first kappa shape index (κ1) is 15.9. The number of ketones is 1. The number of likely N-dealkylation sites (N-methyl/N-ethyl adjacent to an activating group) is 1. The van der Waals surface area contributed by atoms with Gasteiger partial charge in [0, 0.05) is 6.20 Å². The molecule has 0 bridgehead atoms. The summed E-state index contributed by atoms with van der Waals surface area (Å²) in [5, 5.41) is 7.74. The normalized spacial score (nSPS) is 12.1. The van der Waals surface area contributed by atoms with Crippen LogP contribution in [-0.4, -0.2) is 27.6 Å². The van der Waals surface area contributed by atoms with E-state index in [-0.39, 0.29) is 5.78 Å². The summed E-state index contributed by atoms with van der Waals surface area (Å²) in [5.41, 5.74) is 0.385. The molecule has 1 rings (SSSR count). The highest BCUT2D eigenvalue weighted by molar-refractivity contribution is 5.89. The van der Waals surface area contributed by atoms with Crippen molar-refractivity contribution in [3.8, 4) is 0 Å². The van der Waals surface area contributed by atoms with Crippen LogP contribution in [0.15, 0.2) is 12.3 Å². The Morgan fingerprint density at radius 3 is 2.53 bits per heavy atom. The van der Waals surface area contributed by atoms with Crippen molar-refractivity contribution in [2.24, 2.45) is 0 Å². The van der Waals surface area contributed by atoms with Gasteiger partial charge in [-0.2, -0.15) is 5.10 Å². The molecule has 0 aliphatic rings. The maximum Gasteiger partial charge on any atom is 0.158 e. The molecule has 1 aromatic heterocycles. The molecule has 108 valence electrons. The largest absolute Gasteiger partial charge is 0.306 e. The van der Waals surface area contributed by atoms with Gasteiger partial charge in [0.1, 0.15) is 0 Å². The highest BCUT2D eigenvalue weighted by atomic mass is 16.1. The standard InChI is InChI=1S/C15H27N3O/c1-6-13(7-2)18-10-9-12(17-18)11-14(19)15(4,5)16-8-3/h9-10,13,16H,6-8,11H2,1-5H3. The Morgan fingerprint density at radius 2 is 2.00 bits per heavy atom. The molecule has 0 saturated carbocycles. The minimum atomic E-state index is -0.479. The summed E-state index contributed by atoms with van der Waals surface area (Å²) >= 11 is 0. The third kappa shape index (κ3) is 4.16. The molecule has 0 radical (unpaired) electrons. The average Bonchev–Trinajstić information content (AvgIpc) is 2.79. The number of carbonyl (C=O) groups excluding carboxylic acids is 1. The second kappa shape index (κ2) is 6.85. The fraction of sp³-hybridized carbons (Fsp3) is 0.733. The quantitative estimate of drug-likeness (QED) is 0.786. The predicted molar refractivity (Wildman–Crippen MR) is 78.3 cm³/mol. The number of aromatic nitrogens is 2. The van der Waals surface area contributed by atoms with Gasteiger partial charge in [0.15, 0.2) is 5.78 Å². The Balaban J connectivity index is 2.71. The van der Waals surface area contributed by atoms with E-state index in [1.807, 2.05) is 37.7 Å². The number of nitrogens with one attached hydrogen (secondary N) is 1. The van der Waals surface area contributed by atoms with Gasteiger partial charge >= 0.3 is 0 Å². The Morgan fingerprint density at radius 1 is 1.37 bits per heavy atom. The van der Waals surface area contributed by atoms with Crippen LogP contribution in [0.5, 0.6) is 0 Å². The maximum atomic E-state index is 12.2. The van der Waals surface area contributed by atoms with Crippen LogP contribution < -0.4 is 5.32 Å². The van der Waals surface area contributed by atoms with Gasteiger partial charge in [-0.15, -0.1) is 0 Å². The van der Waals surface area contributed by atoms with E-state index in [0.717, 1.165) is 25.1 Å². The zero-order valence-electron chi connectivity index (χ0n) is 12.9. The molecule has 0 aliphatic heterocycles. The molecule has 1 heterocycles. The first-order valence-corrected chi connectivity index (χ1v) is 7.26. The van der Waals surface area contributed by atoms with Crippen LogP contribution >= 0.6 is 0 Å². The molecule has 0 saturated heterocycles. The second-order valence-corrected chi connectivity index (χ2v) is 5.51. The van der Waals surface area contributed by atoms with Gasteiger partial charge in [-0.05, 0) is 39.3 Å². The molecule has 0 aliphatic carbocycles. The van der Waals surface area contributed by atoms with E-state index >= 15 is 0 Å². The van der Waals surface area contributed by atoms with Gasteiger partial charge in [-0.3, -0.25) is 9.48 Å². The summed E-state index contributed by atoms with van der Waals surface area (Å²) in [6, 6.07) is 2.39. The van der Waals surface area contributed by atoms with Crippen molar-refractivity contribution in [3.63, 3.8) is 0 Å². The van der Waals surface area contributed by atoms with Crippen LogP contribution in [0.1, 0.15) is 59.2 Å². The van der Waals surface area contributed by atoms with E-state index in [0.29, 0.717) is 12.5 Å². The molecular formula is C15H27N3O. The Labute approximate surface area is 116 Å². The van der Waals surface area contributed by atoms with Gasteiger partial charge in [-0.1, -0.05) is 20.8 Å². The van der Waals surface area contributed by atoms with Crippen molar-refractivity contribution < 1.29 is 4.79 Å². The third-order valence-corrected chi connectivity index (χ3v) is 3.64. The third-order valence-electron chi connectivity index (χ3n) is 3.64. The van der Waals surface area contributed by atoms with Crippen molar-refractivity contribution in [2.45, 2.75) is 65.5 Å². The number of hydrogen-bond donors (Lipinski definition) is 1. The van der Waals surface area contributed by atoms with Crippen molar-refractivity contribution in [2.75, 3.05) is 6.54 Å². The van der Waals surface area contributed by atoms with E-state index in [1.54, 1.807) is 0 Å².